The molecule has 0 saturated carbocycles. The Morgan fingerprint density at radius 3 is 2.46 bits per heavy atom. The van der Waals surface area contributed by atoms with E-state index in [4.69, 9.17) is 9.47 Å². The van der Waals surface area contributed by atoms with E-state index in [1.54, 1.807) is 16.3 Å². The minimum Gasteiger partial charge on any atom is -0.497 e. The Balaban J connectivity index is 1.39. The average Bonchev–Trinajstić information content (AvgIpc) is 3.25. The van der Waals surface area contributed by atoms with E-state index in [1.165, 1.54) is 4.31 Å². The largest absolute Gasteiger partial charge is 0.497 e. The van der Waals surface area contributed by atoms with Crippen molar-refractivity contribution in [1.82, 2.24) is 13.5 Å². The van der Waals surface area contributed by atoms with Crippen molar-refractivity contribution in [2.24, 2.45) is 0 Å². The van der Waals surface area contributed by atoms with Crippen LogP contribution < -0.4 is 4.74 Å². The van der Waals surface area contributed by atoms with E-state index in [2.05, 4.69) is 0 Å². The number of carbonyl (C=O) groups excluding carboxylic acids is 1. The number of amides is 1. The molecule has 0 bridgehead atoms. The summed E-state index contributed by atoms with van der Waals surface area (Å²) in [4.78, 5) is 14.0. The molecule has 0 aliphatic carbocycles. The van der Waals surface area contributed by atoms with Crippen LogP contribution in [-0.2, 0) is 21.4 Å². The average molecular weight is 410 g/mol. The number of piperidine rings is 1. The molecule has 3 aliphatic heterocycles. The fourth-order valence-corrected chi connectivity index (χ4v) is 5.94. The van der Waals surface area contributed by atoms with Crippen LogP contribution in [0, 0.1) is 0 Å². The first kappa shape index (κ1) is 19.5. The van der Waals surface area contributed by atoms with Gasteiger partial charge in [0.2, 0.25) is 0 Å². The number of benzene rings is 1. The van der Waals surface area contributed by atoms with Gasteiger partial charge in [0, 0.05) is 26.2 Å². The van der Waals surface area contributed by atoms with E-state index in [1.807, 2.05) is 24.3 Å². The van der Waals surface area contributed by atoms with Gasteiger partial charge in [-0.05, 0) is 37.0 Å². The molecule has 3 heterocycles. The van der Waals surface area contributed by atoms with Gasteiger partial charge in [-0.15, -0.1) is 0 Å². The third kappa shape index (κ3) is 3.70. The Bertz CT molecular complexity index is 807. The third-order valence-corrected chi connectivity index (χ3v) is 7.83. The summed E-state index contributed by atoms with van der Waals surface area (Å²) in [5.41, 5.74) is 1.09. The Labute approximate surface area is 166 Å². The lowest BCUT2D eigenvalue weighted by atomic mass is 10.1. The molecule has 1 aromatic rings. The molecule has 2 atom stereocenters. The number of hydrogen-bond donors (Lipinski definition) is 0. The second-order valence-electron chi connectivity index (χ2n) is 7.57. The molecule has 0 N–H and O–H groups in total. The van der Waals surface area contributed by atoms with Crippen molar-refractivity contribution in [1.29, 1.82) is 0 Å². The second-order valence-corrected chi connectivity index (χ2v) is 9.49. The van der Waals surface area contributed by atoms with Gasteiger partial charge >= 0.3 is 6.09 Å². The molecule has 3 fully saturated rings. The minimum atomic E-state index is -3.48. The lowest BCUT2D eigenvalue weighted by Crippen LogP contribution is -2.47. The zero-order chi connectivity index (χ0) is 19.7. The molecule has 0 radical (unpaired) electrons. The highest BCUT2D eigenvalue weighted by atomic mass is 32.2. The van der Waals surface area contributed by atoms with Crippen LogP contribution in [0.15, 0.2) is 24.3 Å². The van der Waals surface area contributed by atoms with Crippen LogP contribution in [0.1, 0.15) is 24.8 Å². The van der Waals surface area contributed by atoms with E-state index in [9.17, 15) is 13.2 Å². The molecular formula is C19H27N3O5S. The van der Waals surface area contributed by atoms with Crippen molar-refractivity contribution in [3.63, 3.8) is 0 Å². The van der Waals surface area contributed by atoms with Crippen molar-refractivity contribution < 1.29 is 22.7 Å². The number of nitrogens with zero attached hydrogens (tertiary/aromatic N) is 3. The van der Waals surface area contributed by atoms with Crippen molar-refractivity contribution in [3.05, 3.63) is 29.8 Å². The van der Waals surface area contributed by atoms with Gasteiger partial charge in [-0.3, -0.25) is 4.90 Å². The predicted molar refractivity (Wildman–Crippen MR) is 103 cm³/mol. The number of rotatable bonds is 6. The molecule has 1 amide bonds. The molecule has 3 aliphatic rings. The Morgan fingerprint density at radius 1 is 1.07 bits per heavy atom. The zero-order valence-corrected chi connectivity index (χ0v) is 16.9. The van der Waals surface area contributed by atoms with Gasteiger partial charge in [0.25, 0.3) is 10.2 Å². The summed E-state index contributed by atoms with van der Waals surface area (Å²) in [5.74, 6) is 0.791. The smallest absolute Gasteiger partial charge is 0.410 e. The highest BCUT2D eigenvalue weighted by Crippen LogP contribution is 2.30. The Morgan fingerprint density at radius 2 is 1.79 bits per heavy atom. The van der Waals surface area contributed by atoms with Crippen LogP contribution in [0.3, 0.4) is 0 Å². The molecule has 9 heteroatoms. The maximum atomic E-state index is 12.9. The Kier molecular flexibility index (Phi) is 5.48. The van der Waals surface area contributed by atoms with E-state index < -0.39 is 10.2 Å². The SMILES string of the molecule is COc1ccc(CCN2C(=O)O[C@H]3CN(S(=O)(=O)N4CCCCC4)C[C@H]32)cc1. The van der Waals surface area contributed by atoms with Gasteiger partial charge < -0.3 is 9.47 Å². The van der Waals surface area contributed by atoms with Crippen LogP contribution in [0.25, 0.3) is 0 Å². The molecule has 3 saturated heterocycles. The molecule has 28 heavy (non-hydrogen) atoms. The molecule has 0 aromatic heterocycles. The van der Waals surface area contributed by atoms with E-state index in [0.29, 0.717) is 32.6 Å². The normalized spacial score (nSPS) is 26.3. The first-order chi connectivity index (χ1) is 13.5. The van der Waals surface area contributed by atoms with Crippen LogP contribution in [0.4, 0.5) is 4.79 Å². The van der Waals surface area contributed by atoms with Gasteiger partial charge in [0.1, 0.15) is 11.9 Å². The molecular weight excluding hydrogens is 382 g/mol. The summed E-state index contributed by atoms with van der Waals surface area (Å²) in [6.45, 7) is 2.21. The predicted octanol–water partition coefficient (Wildman–Crippen LogP) is 1.47. The summed E-state index contributed by atoms with van der Waals surface area (Å²) in [7, 11) is -1.86. The van der Waals surface area contributed by atoms with Crippen LogP contribution in [-0.4, -0.2) is 80.0 Å². The van der Waals surface area contributed by atoms with Crippen LogP contribution in [0.5, 0.6) is 5.75 Å². The fraction of sp³-hybridized carbons (Fsp3) is 0.632. The molecule has 1 aromatic carbocycles. The van der Waals surface area contributed by atoms with Gasteiger partial charge in [-0.25, -0.2) is 4.79 Å². The number of hydrogen-bond acceptors (Lipinski definition) is 5. The van der Waals surface area contributed by atoms with Crippen LogP contribution >= 0.6 is 0 Å². The number of ether oxygens (including phenoxy) is 2. The lowest BCUT2D eigenvalue weighted by Gasteiger charge is -2.30. The standard InChI is InChI=1S/C19H27N3O5S/c1-26-16-7-5-15(6-8-16)9-12-22-17-13-21(14-18(17)27-19(22)23)28(24,25)20-10-3-2-4-11-20/h5-8,17-18H,2-4,9-14H2,1H3/t17-,18+/m1/s1. The maximum absolute atomic E-state index is 12.9. The van der Waals surface area contributed by atoms with E-state index in [-0.39, 0.29) is 24.8 Å². The summed E-state index contributed by atoms with van der Waals surface area (Å²) in [6.07, 6.45) is 2.84. The van der Waals surface area contributed by atoms with Gasteiger partial charge in [0.15, 0.2) is 0 Å². The first-order valence-corrected chi connectivity index (χ1v) is 11.2. The topological polar surface area (TPSA) is 79.4 Å². The van der Waals surface area contributed by atoms with Crippen molar-refractivity contribution in [2.45, 2.75) is 37.8 Å². The minimum absolute atomic E-state index is 0.217. The van der Waals surface area contributed by atoms with Crippen molar-refractivity contribution in [3.8, 4) is 5.75 Å². The summed E-state index contributed by atoms with van der Waals surface area (Å²) in [5, 5.41) is 0. The summed E-state index contributed by atoms with van der Waals surface area (Å²) >= 11 is 0. The molecule has 154 valence electrons. The van der Waals surface area contributed by atoms with Gasteiger partial charge in [0.05, 0.1) is 19.7 Å². The molecule has 4 rings (SSSR count). The number of fused-ring (bicyclic) bond motifs is 1. The van der Waals surface area contributed by atoms with Crippen molar-refractivity contribution in [2.75, 3.05) is 39.8 Å². The third-order valence-electron chi connectivity index (χ3n) is 5.86. The molecule has 8 nitrogen and oxygen atoms in total. The molecule has 0 unspecified atom stereocenters. The van der Waals surface area contributed by atoms with Crippen molar-refractivity contribution >= 4 is 16.3 Å². The highest BCUT2D eigenvalue weighted by Gasteiger charge is 2.51. The van der Waals surface area contributed by atoms with Gasteiger partial charge in [-0.1, -0.05) is 18.6 Å². The summed E-state index contributed by atoms with van der Waals surface area (Å²) in [6, 6.07) is 7.51. The lowest BCUT2D eigenvalue weighted by molar-refractivity contribution is 0.128. The highest BCUT2D eigenvalue weighted by molar-refractivity contribution is 7.86. The van der Waals surface area contributed by atoms with Gasteiger partial charge in [-0.2, -0.15) is 17.0 Å². The fourth-order valence-electron chi connectivity index (χ4n) is 4.22. The zero-order valence-electron chi connectivity index (χ0n) is 16.1. The monoisotopic (exact) mass is 409 g/mol. The maximum Gasteiger partial charge on any atom is 0.410 e. The van der Waals surface area contributed by atoms with E-state index >= 15 is 0 Å². The number of carbonyl (C=O) groups is 1. The summed E-state index contributed by atoms with van der Waals surface area (Å²) < 4.78 is 39.6. The quantitative estimate of drug-likeness (QED) is 0.711. The first-order valence-electron chi connectivity index (χ1n) is 9.84. The molecule has 0 spiro atoms. The van der Waals surface area contributed by atoms with Crippen LogP contribution in [0.2, 0.25) is 0 Å². The Hall–Kier alpha value is -1.84. The number of methoxy groups -OCH3 is 1. The van der Waals surface area contributed by atoms with E-state index in [0.717, 1.165) is 30.6 Å². The second kappa shape index (κ2) is 7.88.